The summed E-state index contributed by atoms with van der Waals surface area (Å²) in [5.74, 6) is 0.118. The van der Waals surface area contributed by atoms with Gasteiger partial charge in [0, 0.05) is 23.5 Å². The molecule has 2 heterocycles. The second kappa shape index (κ2) is 9.16. The molecule has 0 radical (unpaired) electrons. The molecule has 27 heavy (non-hydrogen) atoms. The number of amides is 1. The van der Waals surface area contributed by atoms with Crippen molar-refractivity contribution < 1.29 is 22.8 Å². The minimum atomic E-state index is -3.47. The largest absolute Gasteiger partial charge is 0.378 e. The molecule has 3 rings (SSSR count). The quantitative estimate of drug-likeness (QED) is 0.718. The van der Waals surface area contributed by atoms with Gasteiger partial charge in [-0.2, -0.15) is 4.31 Å². The van der Waals surface area contributed by atoms with E-state index < -0.39 is 10.0 Å². The van der Waals surface area contributed by atoms with Gasteiger partial charge in [-0.05, 0) is 23.8 Å². The number of quaternary nitrogens is 1. The molecule has 1 amide bonds. The number of halogens is 1. The maximum absolute atomic E-state index is 12.5. The van der Waals surface area contributed by atoms with Crippen molar-refractivity contribution in [3.63, 3.8) is 0 Å². The highest BCUT2D eigenvalue weighted by Crippen LogP contribution is 2.12. The summed E-state index contributed by atoms with van der Waals surface area (Å²) in [5.41, 5.74) is 0.781. The van der Waals surface area contributed by atoms with Crippen LogP contribution in [-0.4, -0.2) is 82.6 Å². The number of nitrogens with one attached hydrogen (secondary N) is 1. The lowest BCUT2D eigenvalue weighted by Gasteiger charge is -2.32. The number of nitrogens with zero attached hydrogens (tertiary/aromatic N) is 2. The van der Waals surface area contributed by atoms with Gasteiger partial charge >= 0.3 is 0 Å². The first kappa shape index (κ1) is 20.3. The third-order valence-corrected chi connectivity index (χ3v) is 6.67. The first-order valence-corrected chi connectivity index (χ1v) is 10.9. The van der Waals surface area contributed by atoms with Crippen LogP contribution in [0, 0.1) is 0 Å². The van der Waals surface area contributed by atoms with Gasteiger partial charge in [-0.15, -0.1) is 0 Å². The zero-order valence-corrected chi connectivity index (χ0v) is 16.7. The van der Waals surface area contributed by atoms with E-state index in [9.17, 15) is 13.2 Å². The van der Waals surface area contributed by atoms with Crippen LogP contribution in [0.25, 0.3) is 6.08 Å². The molecule has 0 saturated carbocycles. The Morgan fingerprint density at radius 3 is 2.37 bits per heavy atom. The van der Waals surface area contributed by atoms with E-state index in [0.717, 1.165) is 10.5 Å². The Morgan fingerprint density at radius 2 is 1.74 bits per heavy atom. The Morgan fingerprint density at radius 1 is 1.11 bits per heavy atom. The molecular formula is C18H25ClN3O4S+. The van der Waals surface area contributed by atoms with E-state index >= 15 is 0 Å². The number of hydrogen-bond donors (Lipinski definition) is 1. The SMILES string of the molecule is O=C(C[NH+]1CCN(S(=O)(=O)/C=C/c2ccc(Cl)cc2)CC1)N1CCOCC1. The Bertz CT molecular complexity index is 768. The van der Waals surface area contributed by atoms with Gasteiger partial charge < -0.3 is 14.5 Å². The standard InChI is InChI=1S/C18H24ClN3O4S/c19-17-3-1-16(2-4-17)5-14-27(24,25)22-8-6-20(7-9-22)15-18(23)21-10-12-26-13-11-21/h1-5,14H,6-13,15H2/p+1/b14-5+. The van der Waals surface area contributed by atoms with Gasteiger partial charge in [0.15, 0.2) is 6.54 Å². The van der Waals surface area contributed by atoms with Crippen molar-refractivity contribution in [3.05, 3.63) is 40.3 Å². The molecule has 1 N–H and O–H groups in total. The fraction of sp³-hybridized carbons (Fsp3) is 0.500. The minimum Gasteiger partial charge on any atom is -0.378 e. The van der Waals surface area contributed by atoms with Crippen LogP contribution in [-0.2, 0) is 19.6 Å². The lowest BCUT2D eigenvalue weighted by molar-refractivity contribution is -0.896. The van der Waals surface area contributed by atoms with Gasteiger partial charge in [-0.25, -0.2) is 8.42 Å². The highest BCUT2D eigenvalue weighted by Gasteiger charge is 2.29. The van der Waals surface area contributed by atoms with Gasteiger partial charge in [-0.3, -0.25) is 4.79 Å². The maximum Gasteiger partial charge on any atom is 0.277 e. The number of carbonyl (C=O) groups excluding carboxylic acids is 1. The molecule has 0 spiro atoms. The number of piperazine rings is 1. The monoisotopic (exact) mass is 414 g/mol. The van der Waals surface area contributed by atoms with Crippen LogP contribution < -0.4 is 4.90 Å². The van der Waals surface area contributed by atoms with Crippen molar-refractivity contribution in [1.29, 1.82) is 0 Å². The first-order valence-electron chi connectivity index (χ1n) is 9.07. The number of hydrogen-bond acceptors (Lipinski definition) is 4. The zero-order chi connectivity index (χ0) is 19.3. The van der Waals surface area contributed by atoms with Crippen molar-refractivity contribution in [2.45, 2.75) is 0 Å². The molecule has 9 heteroatoms. The summed E-state index contributed by atoms with van der Waals surface area (Å²) in [6.45, 7) is 4.96. The normalized spacial score (nSPS) is 20.3. The Hall–Kier alpha value is -1.45. The molecule has 2 aliphatic rings. The van der Waals surface area contributed by atoms with Crippen LogP contribution in [0.5, 0.6) is 0 Å². The van der Waals surface area contributed by atoms with Crippen molar-refractivity contribution in [2.24, 2.45) is 0 Å². The van der Waals surface area contributed by atoms with Crippen LogP contribution in [0.1, 0.15) is 5.56 Å². The minimum absolute atomic E-state index is 0.118. The van der Waals surface area contributed by atoms with Gasteiger partial charge in [-0.1, -0.05) is 23.7 Å². The van der Waals surface area contributed by atoms with Crippen LogP contribution in [0.15, 0.2) is 29.7 Å². The summed E-state index contributed by atoms with van der Waals surface area (Å²) < 4.78 is 31.8. The summed E-state index contributed by atoms with van der Waals surface area (Å²) >= 11 is 5.84. The van der Waals surface area contributed by atoms with E-state index in [2.05, 4.69) is 0 Å². The molecular weight excluding hydrogens is 390 g/mol. The molecule has 148 valence electrons. The molecule has 7 nitrogen and oxygen atoms in total. The molecule has 2 fully saturated rings. The second-order valence-electron chi connectivity index (χ2n) is 6.72. The predicted molar refractivity (Wildman–Crippen MR) is 104 cm³/mol. The number of sulfonamides is 1. The summed E-state index contributed by atoms with van der Waals surface area (Å²) in [7, 11) is -3.47. The number of morpholine rings is 1. The number of ether oxygens (including phenoxy) is 1. The Labute approximate surface area is 165 Å². The topological polar surface area (TPSA) is 71.4 Å². The van der Waals surface area contributed by atoms with Crippen molar-refractivity contribution in [3.8, 4) is 0 Å². The zero-order valence-electron chi connectivity index (χ0n) is 15.1. The lowest BCUT2D eigenvalue weighted by atomic mass is 10.2. The van der Waals surface area contributed by atoms with Gasteiger partial charge in [0.2, 0.25) is 10.0 Å². The fourth-order valence-corrected chi connectivity index (χ4v) is 4.52. The summed E-state index contributed by atoms with van der Waals surface area (Å²) in [4.78, 5) is 15.3. The van der Waals surface area contributed by atoms with E-state index in [1.807, 2.05) is 4.90 Å². The summed E-state index contributed by atoms with van der Waals surface area (Å²) in [5, 5.41) is 1.85. The van der Waals surface area contributed by atoms with Crippen LogP contribution in [0.2, 0.25) is 5.02 Å². The van der Waals surface area contributed by atoms with E-state index in [0.29, 0.717) is 64.0 Å². The number of benzene rings is 1. The molecule has 0 atom stereocenters. The average Bonchev–Trinajstić information content (AvgIpc) is 2.69. The number of rotatable bonds is 5. The predicted octanol–water partition coefficient (Wildman–Crippen LogP) is -0.300. The van der Waals surface area contributed by atoms with Crippen LogP contribution in [0.4, 0.5) is 0 Å². The van der Waals surface area contributed by atoms with Crippen molar-refractivity contribution in [2.75, 3.05) is 59.0 Å². The molecule has 0 aliphatic carbocycles. The second-order valence-corrected chi connectivity index (χ2v) is 8.97. The fourth-order valence-electron chi connectivity index (χ4n) is 3.20. The Kier molecular flexibility index (Phi) is 6.88. The molecule has 1 aromatic carbocycles. The van der Waals surface area contributed by atoms with E-state index in [-0.39, 0.29) is 5.91 Å². The van der Waals surface area contributed by atoms with Crippen LogP contribution >= 0.6 is 11.6 Å². The van der Waals surface area contributed by atoms with E-state index in [1.165, 1.54) is 9.71 Å². The number of carbonyl (C=O) groups is 1. The maximum atomic E-state index is 12.5. The van der Waals surface area contributed by atoms with Crippen molar-refractivity contribution in [1.82, 2.24) is 9.21 Å². The van der Waals surface area contributed by atoms with Gasteiger partial charge in [0.25, 0.3) is 5.91 Å². The highest BCUT2D eigenvalue weighted by atomic mass is 35.5. The molecule has 0 aromatic heterocycles. The molecule has 2 aliphatic heterocycles. The first-order chi connectivity index (χ1) is 12.9. The Balaban J connectivity index is 1.50. The van der Waals surface area contributed by atoms with E-state index in [1.54, 1.807) is 30.3 Å². The van der Waals surface area contributed by atoms with Crippen molar-refractivity contribution >= 4 is 33.6 Å². The molecule has 2 saturated heterocycles. The molecule has 0 bridgehead atoms. The third-order valence-electron chi connectivity index (χ3n) is 4.86. The van der Waals surface area contributed by atoms with Gasteiger partial charge in [0.05, 0.1) is 39.4 Å². The molecule has 0 unspecified atom stereocenters. The summed E-state index contributed by atoms with van der Waals surface area (Å²) in [6, 6.07) is 6.99. The average molecular weight is 415 g/mol. The van der Waals surface area contributed by atoms with E-state index in [4.69, 9.17) is 16.3 Å². The van der Waals surface area contributed by atoms with Crippen LogP contribution in [0.3, 0.4) is 0 Å². The van der Waals surface area contributed by atoms with Gasteiger partial charge in [0.1, 0.15) is 0 Å². The third kappa shape index (κ3) is 5.76. The molecule has 1 aromatic rings. The lowest BCUT2D eigenvalue weighted by Crippen LogP contribution is -3.15. The summed E-state index contributed by atoms with van der Waals surface area (Å²) in [6.07, 6.45) is 1.58. The smallest absolute Gasteiger partial charge is 0.277 e. The highest BCUT2D eigenvalue weighted by molar-refractivity contribution is 7.92.